The van der Waals surface area contributed by atoms with Crippen molar-refractivity contribution in [3.63, 3.8) is 0 Å². The molecule has 0 spiro atoms. The number of amides is 1. The number of aliphatic hydroxyl groups is 1. The van der Waals surface area contributed by atoms with Crippen LogP contribution in [-0.2, 0) is 16.1 Å². The van der Waals surface area contributed by atoms with E-state index < -0.39 is 17.7 Å². The molecule has 36 heavy (non-hydrogen) atoms. The summed E-state index contributed by atoms with van der Waals surface area (Å²) >= 11 is 0. The second-order valence-electron chi connectivity index (χ2n) is 8.53. The summed E-state index contributed by atoms with van der Waals surface area (Å²) in [5, 5.41) is 11.5. The summed E-state index contributed by atoms with van der Waals surface area (Å²) in [6.07, 6.45) is 1.62. The number of ketones is 1. The molecule has 0 bridgehead atoms. The third kappa shape index (κ3) is 4.37. The van der Waals surface area contributed by atoms with Crippen LogP contribution in [0.2, 0.25) is 0 Å². The van der Waals surface area contributed by atoms with Crippen molar-refractivity contribution in [1.82, 2.24) is 9.88 Å². The van der Waals surface area contributed by atoms with Crippen LogP contribution >= 0.6 is 0 Å². The molecule has 1 unspecified atom stereocenters. The molecule has 2 heterocycles. The number of carbonyl (C=O) groups is 2. The Labute approximate surface area is 209 Å². The monoisotopic (exact) mass is 488 g/mol. The second kappa shape index (κ2) is 10.1. The van der Waals surface area contributed by atoms with Gasteiger partial charge in [0.1, 0.15) is 5.76 Å². The van der Waals surface area contributed by atoms with Crippen LogP contribution in [0.3, 0.4) is 0 Å². The third-order valence-electron chi connectivity index (χ3n) is 6.25. The SMILES string of the molecule is COc1cc(C2/C(=C(\O)c3cc(C)ccc3C)C(=O)C(=O)N2Cc2ccccn2)cc(OC)c1OC. The number of hydrogen-bond acceptors (Lipinski definition) is 7. The standard InChI is InChI=1S/C28H28N2O6/c1-16-9-10-17(2)20(12-16)25(31)23-24(18-13-21(34-3)27(36-5)22(14-18)35-4)30(28(33)26(23)32)15-19-8-6-7-11-29-19/h6-14,24,31H,15H2,1-5H3/b25-23+. The zero-order valence-electron chi connectivity index (χ0n) is 20.9. The van der Waals surface area contributed by atoms with E-state index >= 15 is 0 Å². The Bertz CT molecular complexity index is 1320. The molecule has 3 aromatic rings. The molecule has 1 atom stereocenters. The van der Waals surface area contributed by atoms with Crippen LogP contribution in [0, 0.1) is 13.8 Å². The molecule has 1 aliphatic rings. The first-order valence-electron chi connectivity index (χ1n) is 11.4. The molecule has 0 aliphatic carbocycles. The number of carbonyl (C=O) groups excluding carboxylic acids is 2. The van der Waals surface area contributed by atoms with Gasteiger partial charge in [0.05, 0.1) is 45.2 Å². The molecule has 1 fully saturated rings. The summed E-state index contributed by atoms with van der Waals surface area (Å²) in [4.78, 5) is 32.5. The number of aryl methyl sites for hydroxylation is 2. The minimum atomic E-state index is -0.916. The molecule has 1 aromatic heterocycles. The van der Waals surface area contributed by atoms with Crippen LogP contribution in [0.4, 0.5) is 0 Å². The van der Waals surface area contributed by atoms with Gasteiger partial charge < -0.3 is 24.2 Å². The van der Waals surface area contributed by atoms with Crippen molar-refractivity contribution < 1.29 is 28.9 Å². The summed E-state index contributed by atoms with van der Waals surface area (Å²) in [6.45, 7) is 3.80. The van der Waals surface area contributed by atoms with Crippen LogP contribution in [0.25, 0.3) is 5.76 Å². The van der Waals surface area contributed by atoms with E-state index in [1.165, 1.54) is 26.2 Å². The van der Waals surface area contributed by atoms with Gasteiger partial charge >= 0.3 is 0 Å². The molecule has 1 N–H and O–H groups in total. The van der Waals surface area contributed by atoms with E-state index in [9.17, 15) is 14.7 Å². The molecule has 8 heteroatoms. The topological polar surface area (TPSA) is 98.2 Å². The van der Waals surface area contributed by atoms with Crippen molar-refractivity contribution in [2.75, 3.05) is 21.3 Å². The van der Waals surface area contributed by atoms with Gasteiger partial charge in [0.2, 0.25) is 5.75 Å². The summed E-state index contributed by atoms with van der Waals surface area (Å²) in [5.74, 6) is -0.643. The summed E-state index contributed by atoms with van der Waals surface area (Å²) < 4.78 is 16.5. The fourth-order valence-electron chi connectivity index (χ4n) is 4.45. The van der Waals surface area contributed by atoms with Gasteiger partial charge in [0, 0.05) is 11.8 Å². The molecule has 2 aromatic carbocycles. The van der Waals surface area contributed by atoms with E-state index in [1.54, 1.807) is 36.5 Å². The highest BCUT2D eigenvalue weighted by Crippen LogP contribution is 2.46. The first-order chi connectivity index (χ1) is 17.3. The maximum absolute atomic E-state index is 13.4. The second-order valence-corrected chi connectivity index (χ2v) is 8.53. The smallest absolute Gasteiger partial charge is 0.296 e. The molecule has 0 saturated carbocycles. The maximum Gasteiger partial charge on any atom is 0.296 e. The van der Waals surface area contributed by atoms with Gasteiger partial charge in [-0.05, 0) is 55.3 Å². The first kappa shape index (κ1) is 24.8. The van der Waals surface area contributed by atoms with E-state index in [1.807, 2.05) is 32.0 Å². The van der Waals surface area contributed by atoms with E-state index in [2.05, 4.69) is 4.98 Å². The highest BCUT2D eigenvalue weighted by atomic mass is 16.5. The number of rotatable bonds is 7. The Kier molecular flexibility index (Phi) is 6.96. The van der Waals surface area contributed by atoms with Crippen molar-refractivity contribution in [2.45, 2.75) is 26.4 Å². The fourth-order valence-corrected chi connectivity index (χ4v) is 4.45. The molecule has 1 aliphatic heterocycles. The van der Waals surface area contributed by atoms with Crippen molar-refractivity contribution in [3.8, 4) is 17.2 Å². The fraction of sp³-hybridized carbons (Fsp3) is 0.250. The molecule has 1 amide bonds. The van der Waals surface area contributed by atoms with Crippen molar-refractivity contribution >= 4 is 17.4 Å². The summed E-state index contributed by atoms with van der Waals surface area (Å²) in [5.41, 5.74) is 3.28. The zero-order chi connectivity index (χ0) is 26.0. The minimum absolute atomic E-state index is 0.0149. The van der Waals surface area contributed by atoms with Crippen LogP contribution < -0.4 is 14.2 Å². The predicted octanol–water partition coefficient (Wildman–Crippen LogP) is 4.35. The van der Waals surface area contributed by atoms with E-state index in [0.717, 1.165) is 11.1 Å². The lowest BCUT2D eigenvalue weighted by atomic mass is 9.93. The molecule has 186 valence electrons. The van der Waals surface area contributed by atoms with Crippen molar-refractivity contribution in [1.29, 1.82) is 0 Å². The quantitative estimate of drug-likeness (QED) is 0.300. The van der Waals surface area contributed by atoms with Gasteiger partial charge in [-0.3, -0.25) is 14.6 Å². The predicted molar refractivity (Wildman–Crippen MR) is 134 cm³/mol. The van der Waals surface area contributed by atoms with Gasteiger partial charge in [-0.1, -0.05) is 23.8 Å². The Hall–Kier alpha value is -4.33. The van der Waals surface area contributed by atoms with Crippen LogP contribution in [-0.4, -0.2) is 48.0 Å². The largest absolute Gasteiger partial charge is 0.507 e. The molecule has 4 rings (SSSR count). The van der Waals surface area contributed by atoms with Gasteiger partial charge in [-0.2, -0.15) is 0 Å². The Balaban J connectivity index is 1.98. The lowest BCUT2D eigenvalue weighted by Gasteiger charge is -2.26. The third-order valence-corrected chi connectivity index (χ3v) is 6.25. The number of methoxy groups -OCH3 is 3. The number of pyridine rings is 1. The van der Waals surface area contributed by atoms with Crippen LogP contribution in [0.1, 0.15) is 34.0 Å². The summed E-state index contributed by atoms with van der Waals surface area (Å²) in [6, 6.07) is 13.4. The van der Waals surface area contributed by atoms with Gasteiger partial charge in [0.15, 0.2) is 11.5 Å². The average molecular weight is 489 g/mol. The molecular weight excluding hydrogens is 460 g/mol. The highest BCUT2D eigenvalue weighted by Gasteiger charge is 2.47. The number of aromatic nitrogens is 1. The molecule has 1 saturated heterocycles. The van der Waals surface area contributed by atoms with Gasteiger partial charge in [-0.25, -0.2) is 0 Å². The lowest BCUT2D eigenvalue weighted by Crippen LogP contribution is -2.29. The molecular formula is C28H28N2O6. The number of aliphatic hydroxyl groups excluding tert-OH is 1. The summed E-state index contributed by atoms with van der Waals surface area (Å²) in [7, 11) is 4.47. The maximum atomic E-state index is 13.4. The number of Topliss-reactive ketones (excluding diaryl/α,β-unsaturated/α-hetero) is 1. The van der Waals surface area contributed by atoms with Gasteiger partial charge in [-0.15, -0.1) is 0 Å². The Morgan fingerprint density at radius 1 is 0.972 bits per heavy atom. The number of likely N-dealkylation sites (tertiary alicyclic amines) is 1. The van der Waals surface area contributed by atoms with E-state index in [-0.39, 0.29) is 17.9 Å². The van der Waals surface area contributed by atoms with E-state index in [0.29, 0.717) is 34.1 Å². The van der Waals surface area contributed by atoms with Crippen LogP contribution in [0.15, 0.2) is 60.3 Å². The van der Waals surface area contributed by atoms with Crippen molar-refractivity contribution in [2.24, 2.45) is 0 Å². The number of benzene rings is 2. The van der Waals surface area contributed by atoms with Crippen LogP contribution in [0.5, 0.6) is 17.2 Å². The molecule has 0 radical (unpaired) electrons. The number of nitrogens with zero attached hydrogens (tertiary/aromatic N) is 2. The number of ether oxygens (including phenoxy) is 3. The normalized spacial score (nSPS) is 16.8. The van der Waals surface area contributed by atoms with Crippen molar-refractivity contribution in [3.05, 3.63) is 88.2 Å². The lowest BCUT2D eigenvalue weighted by molar-refractivity contribution is -0.140. The Morgan fingerprint density at radius 2 is 1.67 bits per heavy atom. The zero-order valence-corrected chi connectivity index (χ0v) is 20.9. The Morgan fingerprint density at radius 3 is 2.25 bits per heavy atom. The first-order valence-corrected chi connectivity index (χ1v) is 11.4. The highest BCUT2D eigenvalue weighted by molar-refractivity contribution is 6.46. The van der Waals surface area contributed by atoms with E-state index in [4.69, 9.17) is 14.2 Å². The van der Waals surface area contributed by atoms with Gasteiger partial charge in [0.25, 0.3) is 11.7 Å². The minimum Gasteiger partial charge on any atom is -0.507 e. The number of hydrogen-bond donors (Lipinski definition) is 1. The average Bonchev–Trinajstić information content (AvgIpc) is 3.14. The molecule has 8 nitrogen and oxygen atoms in total.